The number of nitrogens with one attached hydrogen (secondary N) is 1. The van der Waals surface area contributed by atoms with E-state index in [9.17, 15) is 13.6 Å². The lowest BCUT2D eigenvalue weighted by Crippen LogP contribution is -2.12. The molecule has 0 bridgehead atoms. The maximum absolute atomic E-state index is 13.1. The molecule has 172 valence electrons. The summed E-state index contributed by atoms with van der Waals surface area (Å²) in [5.74, 6) is 0.166. The Balaban J connectivity index is 1.28. The number of para-hydroxylation sites is 1. The molecule has 0 saturated heterocycles. The van der Waals surface area contributed by atoms with Crippen molar-refractivity contribution in [2.75, 3.05) is 12.0 Å². The van der Waals surface area contributed by atoms with E-state index >= 15 is 0 Å². The third kappa shape index (κ3) is 4.39. The van der Waals surface area contributed by atoms with E-state index < -0.39 is 0 Å². The summed E-state index contributed by atoms with van der Waals surface area (Å²) in [7, 11) is 0. The Morgan fingerprint density at radius 2 is 1.79 bits per heavy atom. The van der Waals surface area contributed by atoms with E-state index in [2.05, 4.69) is 20.0 Å². The van der Waals surface area contributed by atoms with Crippen LogP contribution in [0.15, 0.2) is 71.3 Å². The van der Waals surface area contributed by atoms with Crippen LogP contribution in [0.1, 0.15) is 18.7 Å². The maximum atomic E-state index is 13.1. The number of fused-ring (bicyclic) bond motifs is 3. The number of anilines is 1. The molecule has 8 heteroatoms. The smallest absolute Gasteiger partial charge is 0.227 e. The van der Waals surface area contributed by atoms with Crippen LogP contribution in [0.2, 0.25) is 0 Å². The molecule has 0 unspecified atom stereocenters. The van der Waals surface area contributed by atoms with Gasteiger partial charge in [0.05, 0.1) is 6.67 Å². The molecular weight excluding hydrogens is 438 g/mol. The molecule has 0 spiro atoms. The lowest BCUT2D eigenvalue weighted by Gasteiger charge is -2.07. The van der Waals surface area contributed by atoms with E-state index in [0.29, 0.717) is 35.9 Å². The van der Waals surface area contributed by atoms with Gasteiger partial charge in [-0.15, -0.1) is 0 Å². The lowest BCUT2D eigenvalue weighted by atomic mass is 10.1. The number of carbonyl (C=O) groups is 1. The third-order valence-electron chi connectivity index (χ3n) is 5.71. The molecule has 0 radical (unpaired) electrons. The first kappa shape index (κ1) is 21.8. The molecule has 0 atom stereocenters. The first-order chi connectivity index (χ1) is 16.6. The van der Waals surface area contributed by atoms with E-state index in [1.807, 2.05) is 42.5 Å². The van der Waals surface area contributed by atoms with Crippen molar-refractivity contribution in [3.63, 3.8) is 0 Å². The fraction of sp³-hybridized carbons (Fsp3) is 0.192. The minimum Gasteiger partial charge on any atom is -0.340 e. The monoisotopic (exact) mass is 460 g/mol. The molecule has 5 rings (SSSR count). The second-order valence-electron chi connectivity index (χ2n) is 8.01. The van der Waals surface area contributed by atoms with Gasteiger partial charge in [0.2, 0.25) is 17.6 Å². The molecule has 34 heavy (non-hydrogen) atoms. The van der Waals surface area contributed by atoms with Gasteiger partial charge in [-0.3, -0.25) is 9.18 Å². The fourth-order valence-electron chi connectivity index (χ4n) is 4.11. The number of hydrogen-bond donors (Lipinski definition) is 1. The Bertz CT molecular complexity index is 1460. The topological polar surface area (TPSA) is 72.9 Å². The van der Waals surface area contributed by atoms with Crippen LogP contribution in [0, 0.1) is 5.82 Å². The minimum atomic E-state index is -0.367. The summed E-state index contributed by atoms with van der Waals surface area (Å²) in [6.07, 6.45) is 0.900. The second-order valence-corrected chi connectivity index (χ2v) is 8.01. The second kappa shape index (κ2) is 9.43. The van der Waals surface area contributed by atoms with E-state index in [1.165, 1.54) is 12.1 Å². The van der Waals surface area contributed by atoms with Crippen LogP contribution in [-0.2, 0) is 17.8 Å². The quantitative estimate of drug-likeness (QED) is 0.312. The fourth-order valence-corrected chi connectivity index (χ4v) is 4.11. The van der Waals surface area contributed by atoms with Gasteiger partial charge in [-0.1, -0.05) is 23.4 Å². The molecule has 1 amide bonds. The molecule has 0 saturated carbocycles. The Hall–Kier alpha value is -4.07. The number of rotatable bonds is 8. The van der Waals surface area contributed by atoms with Crippen molar-refractivity contribution in [2.24, 2.45) is 0 Å². The van der Waals surface area contributed by atoms with Crippen molar-refractivity contribution in [3.8, 4) is 11.4 Å². The van der Waals surface area contributed by atoms with Crippen LogP contribution in [0.4, 0.5) is 14.5 Å². The van der Waals surface area contributed by atoms with Gasteiger partial charge in [0.15, 0.2) is 0 Å². The van der Waals surface area contributed by atoms with Gasteiger partial charge in [-0.2, -0.15) is 4.98 Å². The van der Waals surface area contributed by atoms with Crippen LogP contribution in [0.3, 0.4) is 0 Å². The SMILES string of the molecule is O=C(CCc1nc(-c2ccc(F)cc2)no1)Nc1ccc2c(c1)c1ccccc1n2CCCF. The number of benzene rings is 3. The number of aromatic nitrogens is 3. The summed E-state index contributed by atoms with van der Waals surface area (Å²) in [6, 6.07) is 19.5. The lowest BCUT2D eigenvalue weighted by molar-refractivity contribution is -0.116. The zero-order valence-corrected chi connectivity index (χ0v) is 18.3. The molecule has 0 aliphatic carbocycles. The molecule has 2 aromatic heterocycles. The Morgan fingerprint density at radius 3 is 2.62 bits per heavy atom. The molecule has 1 N–H and O–H groups in total. The summed E-state index contributed by atoms with van der Waals surface area (Å²) in [5.41, 5.74) is 3.37. The average Bonchev–Trinajstić information content (AvgIpc) is 3.45. The number of hydrogen-bond acceptors (Lipinski definition) is 4. The summed E-state index contributed by atoms with van der Waals surface area (Å²) in [5, 5.41) is 8.89. The Kier molecular flexibility index (Phi) is 6.03. The Morgan fingerprint density at radius 1 is 1.00 bits per heavy atom. The van der Waals surface area contributed by atoms with Crippen molar-refractivity contribution in [1.82, 2.24) is 14.7 Å². The van der Waals surface area contributed by atoms with Gasteiger partial charge < -0.3 is 14.4 Å². The van der Waals surface area contributed by atoms with Crippen molar-refractivity contribution in [3.05, 3.63) is 78.4 Å². The number of aryl methyl sites for hydroxylation is 2. The first-order valence-corrected chi connectivity index (χ1v) is 11.1. The molecule has 5 aromatic rings. The zero-order valence-electron chi connectivity index (χ0n) is 18.3. The van der Waals surface area contributed by atoms with Gasteiger partial charge in [-0.25, -0.2) is 4.39 Å². The average molecular weight is 460 g/mol. The van der Waals surface area contributed by atoms with Crippen molar-refractivity contribution >= 4 is 33.4 Å². The van der Waals surface area contributed by atoms with Gasteiger partial charge in [-0.05, 0) is 55.0 Å². The van der Waals surface area contributed by atoms with Crippen LogP contribution in [0.5, 0.6) is 0 Å². The van der Waals surface area contributed by atoms with Gasteiger partial charge in [0.25, 0.3) is 0 Å². The van der Waals surface area contributed by atoms with Gasteiger partial charge >= 0.3 is 0 Å². The molecule has 0 fully saturated rings. The van der Waals surface area contributed by atoms with Crippen LogP contribution in [0.25, 0.3) is 33.2 Å². The number of nitrogens with zero attached hydrogens (tertiary/aromatic N) is 3. The van der Waals surface area contributed by atoms with Gasteiger partial charge in [0, 0.05) is 52.4 Å². The summed E-state index contributed by atoms with van der Waals surface area (Å²) in [4.78, 5) is 16.8. The summed E-state index contributed by atoms with van der Waals surface area (Å²) < 4.78 is 33.2. The van der Waals surface area contributed by atoms with Crippen LogP contribution >= 0.6 is 0 Å². The highest BCUT2D eigenvalue weighted by atomic mass is 19.1. The van der Waals surface area contributed by atoms with Gasteiger partial charge in [0.1, 0.15) is 5.82 Å². The van der Waals surface area contributed by atoms with Crippen molar-refractivity contribution in [1.29, 1.82) is 0 Å². The number of alkyl halides is 1. The molecule has 0 aliphatic heterocycles. The summed E-state index contributed by atoms with van der Waals surface area (Å²) in [6.45, 7) is 0.226. The first-order valence-electron chi connectivity index (χ1n) is 11.1. The van der Waals surface area contributed by atoms with Crippen molar-refractivity contribution < 1.29 is 18.1 Å². The maximum Gasteiger partial charge on any atom is 0.227 e. The van der Waals surface area contributed by atoms with E-state index in [-0.39, 0.29) is 31.2 Å². The standard InChI is InChI=1S/C26H22F2N4O2/c27-14-3-15-32-22-5-2-1-4-20(22)21-16-19(10-11-23(21)32)29-24(33)12-13-25-30-26(31-34-25)17-6-8-18(28)9-7-17/h1-2,4-11,16H,3,12-15H2,(H,29,33). The number of halogens is 2. The third-order valence-corrected chi connectivity index (χ3v) is 5.71. The molecule has 6 nitrogen and oxygen atoms in total. The predicted molar refractivity (Wildman–Crippen MR) is 127 cm³/mol. The molecule has 0 aliphatic rings. The largest absolute Gasteiger partial charge is 0.340 e. The molecule has 2 heterocycles. The summed E-state index contributed by atoms with van der Waals surface area (Å²) >= 11 is 0. The predicted octanol–water partition coefficient (Wildman–Crippen LogP) is 5.91. The molecular formula is C26H22F2N4O2. The Labute approximate surface area is 194 Å². The van der Waals surface area contributed by atoms with E-state index in [4.69, 9.17) is 4.52 Å². The van der Waals surface area contributed by atoms with Crippen LogP contribution in [-0.4, -0.2) is 27.3 Å². The van der Waals surface area contributed by atoms with Crippen molar-refractivity contribution in [2.45, 2.75) is 25.8 Å². The van der Waals surface area contributed by atoms with Crippen LogP contribution < -0.4 is 5.32 Å². The highest BCUT2D eigenvalue weighted by Gasteiger charge is 2.13. The number of carbonyl (C=O) groups excluding carboxylic acids is 1. The zero-order chi connectivity index (χ0) is 23.5. The highest BCUT2D eigenvalue weighted by molar-refractivity contribution is 6.09. The number of amides is 1. The van der Waals surface area contributed by atoms with E-state index in [0.717, 1.165) is 21.8 Å². The minimum absolute atomic E-state index is 0.168. The normalized spacial score (nSPS) is 11.4. The molecule has 3 aromatic carbocycles. The van der Waals surface area contributed by atoms with E-state index in [1.54, 1.807) is 12.1 Å². The highest BCUT2D eigenvalue weighted by Crippen LogP contribution is 2.31.